The highest BCUT2D eigenvalue weighted by atomic mass is 16.2. The molecule has 110 valence electrons. The van der Waals surface area contributed by atoms with Crippen molar-refractivity contribution in [2.75, 3.05) is 13.6 Å². The highest BCUT2D eigenvalue weighted by Gasteiger charge is 2.31. The molecule has 1 saturated carbocycles. The van der Waals surface area contributed by atoms with E-state index in [0.717, 1.165) is 25.3 Å². The maximum atomic E-state index is 12.6. The lowest BCUT2D eigenvalue weighted by Crippen LogP contribution is -2.47. The molecule has 0 bridgehead atoms. The van der Waals surface area contributed by atoms with Crippen LogP contribution in [0.15, 0.2) is 0 Å². The van der Waals surface area contributed by atoms with Crippen molar-refractivity contribution in [3.05, 3.63) is 0 Å². The van der Waals surface area contributed by atoms with Crippen molar-refractivity contribution in [2.45, 2.75) is 70.9 Å². The van der Waals surface area contributed by atoms with Gasteiger partial charge >= 0.3 is 0 Å². The van der Waals surface area contributed by atoms with Crippen LogP contribution in [0.1, 0.15) is 58.8 Å². The van der Waals surface area contributed by atoms with E-state index in [4.69, 9.17) is 0 Å². The quantitative estimate of drug-likeness (QED) is 0.852. The lowest BCUT2D eigenvalue weighted by molar-refractivity contribution is -0.138. The molecule has 2 unspecified atom stereocenters. The van der Waals surface area contributed by atoms with Gasteiger partial charge in [-0.3, -0.25) is 4.79 Å². The molecule has 0 radical (unpaired) electrons. The molecule has 2 aliphatic rings. The van der Waals surface area contributed by atoms with Gasteiger partial charge in [0.1, 0.15) is 0 Å². The van der Waals surface area contributed by atoms with Gasteiger partial charge in [-0.2, -0.15) is 0 Å². The molecule has 2 fully saturated rings. The Kier molecular flexibility index (Phi) is 5.26. The molecular formula is C16H30N2O. The topological polar surface area (TPSA) is 32.3 Å². The first-order valence-corrected chi connectivity index (χ1v) is 8.11. The zero-order valence-electron chi connectivity index (χ0n) is 12.8. The Morgan fingerprint density at radius 2 is 1.89 bits per heavy atom. The van der Waals surface area contributed by atoms with Crippen LogP contribution < -0.4 is 5.32 Å². The molecule has 1 heterocycles. The number of rotatable bonds is 3. The summed E-state index contributed by atoms with van der Waals surface area (Å²) in [6.45, 7) is 5.47. The van der Waals surface area contributed by atoms with Gasteiger partial charge in [0.25, 0.3) is 0 Å². The van der Waals surface area contributed by atoms with E-state index < -0.39 is 0 Å². The maximum absolute atomic E-state index is 12.6. The van der Waals surface area contributed by atoms with E-state index in [-0.39, 0.29) is 5.92 Å². The Labute approximate surface area is 118 Å². The second kappa shape index (κ2) is 6.74. The van der Waals surface area contributed by atoms with Gasteiger partial charge in [-0.25, -0.2) is 0 Å². The number of hydrogen-bond acceptors (Lipinski definition) is 2. The van der Waals surface area contributed by atoms with Crippen molar-refractivity contribution >= 4 is 5.91 Å². The van der Waals surface area contributed by atoms with Gasteiger partial charge in [-0.1, -0.05) is 13.3 Å². The van der Waals surface area contributed by atoms with Crippen LogP contribution in [0.25, 0.3) is 0 Å². The van der Waals surface area contributed by atoms with E-state index in [9.17, 15) is 4.79 Å². The predicted octanol–water partition coefficient (Wildman–Crippen LogP) is 2.80. The van der Waals surface area contributed by atoms with Crippen molar-refractivity contribution in [1.82, 2.24) is 10.2 Å². The average Bonchev–Trinajstić information content (AvgIpc) is 2.46. The van der Waals surface area contributed by atoms with Crippen LogP contribution in [-0.2, 0) is 4.79 Å². The Bertz CT molecular complexity index is 297. The van der Waals surface area contributed by atoms with Crippen LogP contribution in [0.5, 0.6) is 0 Å². The minimum absolute atomic E-state index is 0.255. The molecule has 0 aromatic carbocycles. The van der Waals surface area contributed by atoms with Crippen molar-refractivity contribution in [3.63, 3.8) is 0 Å². The molecule has 19 heavy (non-hydrogen) atoms. The van der Waals surface area contributed by atoms with Crippen LogP contribution in [0.2, 0.25) is 0 Å². The third-order valence-corrected chi connectivity index (χ3v) is 5.26. The second-order valence-corrected chi connectivity index (χ2v) is 6.61. The SMILES string of the molecule is CCC1CCC(N(C)C(=O)C2CCNC(C)C2)CC1. The minimum Gasteiger partial charge on any atom is -0.343 e. The fraction of sp³-hybridized carbons (Fsp3) is 0.938. The van der Waals surface area contributed by atoms with Crippen LogP contribution in [0.4, 0.5) is 0 Å². The van der Waals surface area contributed by atoms with Gasteiger partial charge in [0.15, 0.2) is 0 Å². The molecule has 0 aromatic rings. The summed E-state index contributed by atoms with van der Waals surface area (Å²) in [6.07, 6.45) is 8.35. The first-order valence-electron chi connectivity index (χ1n) is 8.11. The number of piperidine rings is 1. The summed E-state index contributed by atoms with van der Waals surface area (Å²) in [6, 6.07) is 0.993. The molecule has 1 aliphatic heterocycles. The molecule has 2 atom stereocenters. The van der Waals surface area contributed by atoms with Gasteiger partial charge in [0, 0.05) is 25.0 Å². The van der Waals surface area contributed by atoms with Gasteiger partial charge < -0.3 is 10.2 Å². The van der Waals surface area contributed by atoms with Crippen molar-refractivity contribution in [3.8, 4) is 0 Å². The Morgan fingerprint density at radius 1 is 1.21 bits per heavy atom. The third kappa shape index (κ3) is 3.71. The molecule has 0 spiro atoms. The van der Waals surface area contributed by atoms with E-state index in [0.29, 0.717) is 18.0 Å². The molecule has 3 nitrogen and oxygen atoms in total. The molecule has 1 N–H and O–H groups in total. The normalized spacial score (nSPS) is 35.9. The van der Waals surface area contributed by atoms with Gasteiger partial charge in [-0.05, 0) is 57.9 Å². The Balaban J connectivity index is 1.85. The summed E-state index contributed by atoms with van der Waals surface area (Å²) in [5.74, 6) is 1.55. The van der Waals surface area contributed by atoms with Crippen LogP contribution in [-0.4, -0.2) is 36.5 Å². The molecule has 1 aliphatic carbocycles. The molecule has 0 aromatic heterocycles. The summed E-state index contributed by atoms with van der Waals surface area (Å²) in [5, 5.41) is 3.43. The summed E-state index contributed by atoms with van der Waals surface area (Å²) in [4.78, 5) is 14.7. The number of hydrogen-bond donors (Lipinski definition) is 1. The first-order chi connectivity index (χ1) is 9.11. The molecule has 1 amide bonds. The van der Waals surface area contributed by atoms with Crippen molar-refractivity contribution in [1.29, 1.82) is 0 Å². The van der Waals surface area contributed by atoms with E-state index in [1.165, 1.54) is 32.1 Å². The number of carbonyl (C=O) groups is 1. The van der Waals surface area contributed by atoms with Gasteiger partial charge in [0.2, 0.25) is 5.91 Å². The zero-order valence-corrected chi connectivity index (χ0v) is 12.8. The lowest BCUT2D eigenvalue weighted by Gasteiger charge is -2.37. The Hall–Kier alpha value is -0.570. The highest BCUT2D eigenvalue weighted by Crippen LogP contribution is 2.30. The number of carbonyl (C=O) groups excluding carboxylic acids is 1. The fourth-order valence-electron chi connectivity index (χ4n) is 3.76. The molecular weight excluding hydrogens is 236 g/mol. The van der Waals surface area contributed by atoms with Gasteiger partial charge in [-0.15, -0.1) is 0 Å². The average molecular weight is 266 g/mol. The number of amides is 1. The minimum atomic E-state index is 0.255. The Morgan fingerprint density at radius 3 is 2.47 bits per heavy atom. The van der Waals surface area contributed by atoms with E-state index in [1.807, 2.05) is 7.05 Å². The standard InChI is InChI=1S/C16H30N2O/c1-4-13-5-7-15(8-6-13)18(3)16(19)14-9-10-17-12(2)11-14/h12-15,17H,4-11H2,1-3H3. The summed E-state index contributed by atoms with van der Waals surface area (Å²) >= 11 is 0. The fourth-order valence-corrected chi connectivity index (χ4v) is 3.76. The summed E-state index contributed by atoms with van der Waals surface area (Å²) in [7, 11) is 2.03. The van der Waals surface area contributed by atoms with Crippen LogP contribution in [0.3, 0.4) is 0 Å². The smallest absolute Gasteiger partial charge is 0.225 e. The van der Waals surface area contributed by atoms with Crippen molar-refractivity contribution < 1.29 is 4.79 Å². The second-order valence-electron chi connectivity index (χ2n) is 6.61. The van der Waals surface area contributed by atoms with Crippen LogP contribution >= 0.6 is 0 Å². The molecule has 2 rings (SSSR count). The van der Waals surface area contributed by atoms with E-state index in [1.54, 1.807) is 0 Å². The first kappa shape index (κ1) is 14.8. The number of nitrogens with zero attached hydrogens (tertiary/aromatic N) is 1. The predicted molar refractivity (Wildman–Crippen MR) is 79.0 cm³/mol. The number of nitrogens with one attached hydrogen (secondary N) is 1. The monoisotopic (exact) mass is 266 g/mol. The van der Waals surface area contributed by atoms with E-state index >= 15 is 0 Å². The summed E-state index contributed by atoms with van der Waals surface area (Å²) in [5.41, 5.74) is 0. The maximum Gasteiger partial charge on any atom is 0.225 e. The highest BCUT2D eigenvalue weighted by molar-refractivity contribution is 5.79. The molecule has 3 heteroatoms. The lowest BCUT2D eigenvalue weighted by atomic mass is 9.83. The van der Waals surface area contributed by atoms with Crippen molar-refractivity contribution in [2.24, 2.45) is 11.8 Å². The zero-order chi connectivity index (χ0) is 13.8. The summed E-state index contributed by atoms with van der Waals surface area (Å²) < 4.78 is 0. The van der Waals surface area contributed by atoms with E-state index in [2.05, 4.69) is 24.1 Å². The van der Waals surface area contributed by atoms with Crippen LogP contribution in [0, 0.1) is 11.8 Å². The molecule has 1 saturated heterocycles. The van der Waals surface area contributed by atoms with Gasteiger partial charge in [0.05, 0.1) is 0 Å². The largest absolute Gasteiger partial charge is 0.343 e. The third-order valence-electron chi connectivity index (χ3n) is 5.26.